The van der Waals surface area contributed by atoms with E-state index < -0.39 is 4.25 Å². The predicted molar refractivity (Wildman–Crippen MR) is 109 cm³/mol. The van der Waals surface area contributed by atoms with Crippen LogP contribution >= 0.6 is 26.3 Å². The van der Waals surface area contributed by atoms with Gasteiger partial charge in [0.25, 0.3) is 0 Å². The number of rotatable bonds is 3. The monoisotopic (exact) mass is 438 g/mol. The fourth-order valence-electron chi connectivity index (χ4n) is 6.16. The van der Waals surface area contributed by atoms with Crippen LogP contribution in [0.1, 0.15) is 89.9 Å². The van der Waals surface area contributed by atoms with Gasteiger partial charge in [-0.1, -0.05) is 0 Å². The van der Waals surface area contributed by atoms with E-state index in [1.54, 1.807) is 0 Å². The zero-order chi connectivity index (χ0) is 15.7. The minimum atomic E-state index is -1.89. The Morgan fingerprint density at radius 3 is 1.55 bits per heavy atom. The first-order valence-corrected chi connectivity index (χ1v) is 15.6. The summed E-state index contributed by atoms with van der Waals surface area (Å²) in [5.41, 5.74) is 2.58. The summed E-state index contributed by atoms with van der Waals surface area (Å²) in [6.45, 7) is 2.75. The summed E-state index contributed by atoms with van der Waals surface area (Å²) in [7, 11) is 0. The molecule has 0 radical (unpaired) electrons. The SMILES string of the molecule is CP(I)(C1CCCCC1)(C1CCCCC1)C1CCCCC1O. The minimum absolute atomic E-state index is 0.0113. The molecule has 0 amide bonds. The van der Waals surface area contributed by atoms with E-state index in [-0.39, 0.29) is 6.10 Å². The van der Waals surface area contributed by atoms with E-state index in [0.717, 1.165) is 17.7 Å². The molecule has 2 unspecified atom stereocenters. The van der Waals surface area contributed by atoms with Crippen molar-refractivity contribution in [2.75, 3.05) is 6.66 Å². The third-order valence-corrected chi connectivity index (χ3v) is 21.4. The number of aliphatic hydroxyl groups is 1. The first-order valence-electron chi connectivity index (χ1n) is 9.93. The Morgan fingerprint density at radius 2 is 1.09 bits per heavy atom. The summed E-state index contributed by atoms with van der Waals surface area (Å²) in [5, 5.41) is 11.0. The van der Waals surface area contributed by atoms with Gasteiger partial charge < -0.3 is 0 Å². The molecule has 130 valence electrons. The van der Waals surface area contributed by atoms with E-state index >= 15 is 0 Å². The molecule has 0 aromatic heterocycles. The second-order valence-corrected chi connectivity index (χ2v) is 22.1. The van der Waals surface area contributed by atoms with Crippen molar-refractivity contribution in [1.82, 2.24) is 0 Å². The second kappa shape index (κ2) is 7.16. The van der Waals surface area contributed by atoms with Crippen LogP contribution in [0.5, 0.6) is 0 Å². The van der Waals surface area contributed by atoms with Gasteiger partial charge in [0.15, 0.2) is 0 Å². The van der Waals surface area contributed by atoms with Crippen molar-refractivity contribution in [2.45, 2.75) is 113 Å². The Kier molecular flexibility index (Phi) is 5.84. The van der Waals surface area contributed by atoms with Gasteiger partial charge in [0.2, 0.25) is 0 Å². The van der Waals surface area contributed by atoms with E-state index in [4.69, 9.17) is 0 Å². The molecule has 0 spiro atoms. The van der Waals surface area contributed by atoms with Crippen molar-refractivity contribution >= 4 is 26.3 Å². The van der Waals surface area contributed by atoms with Gasteiger partial charge in [-0.3, -0.25) is 0 Å². The van der Waals surface area contributed by atoms with Crippen LogP contribution in [-0.4, -0.2) is 34.9 Å². The van der Waals surface area contributed by atoms with Crippen molar-refractivity contribution in [2.24, 2.45) is 0 Å². The molecule has 0 saturated heterocycles. The van der Waals surface area contributed by atoms with Crippen molar-refractivity contribution in [3.8, 4) is 0 Å². The van der Waals surface area contributed by atoms with Crippen LogP contribution in [0.4, 0.5) is 0 Å². The Hall–Kier alpha value is 1.12. The first-order chi connectivity index (χ1) is 10.5. The van der Waals surface area contributed by atoms with Crippen LogP contribution in [0.15, 0.2) is 0 Å². The molecule has 22 heavy (non-hydrogen) atoms. The number of hydrogen-bond donors (Lipinski definition) is 1. The molecular weight excluding hydrogens is 402 g/mol. The van der Waals surface area contributed by atoms with Crippen LogP contribution in [0.25, 0.3) is 0 Å². The molecule has 3 rings (SSSR count). The topological polar surface area (TPSA) is 20.2 Å². The standard InChI is InChI=1S/C19H36IOP/c1-22(20,16-10-4-2-5-11-16,17-12-6-3-7-13-17)19-15-9-8-14-18(19)21/h16-19,21H,2-15H2,1H3. The summed E-state index contributed by atoms with van der Waals surface area (Å²) >= 11 is 3.05. The summed E-state index contributed by atoms with van der Waals surface area (Å²) < 4.78 is -1.89. The van der Waals surface area contributed by atoms with Gasteiger partial charge in [-0.15, -0.1) is 0 Å². The van der Waals surface area contributed by atoms with Crippen LogP contribution < -0.4 is 0 Å². The van der Waals surface area contributed by atoms with Crippen molar-refractivity contribution in [3.05, 3.63) is 0 Å². The van der Waals surface area contributed by atoms with Gasteiger partial charge in [-0.05, 0) is 0 Å². The fraction of sp³-hybridized carbons (Fsp3) is 1.00. The Bertz CT molecular complexity index is 350. The molecule has 3 aliphatic carbocycles. The molecule has 3 fully saturated rings. The average molecular weight is 438 g/mol. The zero-order valence-corrected chi connectivity index (χ0v) is 17.5. The van der Waals surface area contributed by atoms with Crippen molar-refractivity contribution < 1.29 is 5.11 Å². The summed E-state index contributed by atoms with van der Waals surface area (Å²) in [4.78, 5) is 0. The van der Waals surface area contributed by atoms with E-state index in [1.807, 2.05) is 0 Å². The quantitative estimate of drug-likeness (QED) is 0.395. The second-order valence-electron chi connectivity index (χ2n) is 8.69. The molecule has 1 nitrogen and oxygen atoms in total. The number of halogens is 1. The fourth-order valence-corrected chi connectivity index (χ4v) is 18.3. The summed E-state index contributed by atoms with van der Waals surface area (Å²) in [5.74, 6) is 0. The van der Waals surface area contributed by atoms with E-state index in [0.29, 0.717) is 5.66 Å². The molecule has 3 saturated carbocycles. The van der Waals surface area contributed by atoms with E-state index in [9.17, 15) is 5.11 Å². The predicted octanol–water partition coefficient (Wildman–Crippen LogP) is 6.49. The Morgan fingerprint density at radius 1 is 0.682 bits per heavy atom. The Labute approximate surface area is 150 Å². The third kappa shape index (κ3) is 3.15. The molecule has 0 heterocycles. The average Bonchev–Trinajstić information content (AvgIpc) is 2.57. The number of aliphatic hydroxyl groups excluding tert-OH is 1. The molecule has 1 N–H and O–H groups in total. The van der Waals surface area contributed by atoms with Crippen LogP contribution in [-0.2, 0) is 0 Å². The summed E-state index contributed by atoms with van der Waals surface area (Å²) in [6.07, 6.45) is 19.7. The molecule has 0 aromatic carbocycles. The van der Waals surface area contributed by atoms with E-state index in [2.05, 4.69) is 28.7 Å². The summed E-state index contributed by atoms with van der Waals surface area (Å²) in [6, 6.07) is 0. The maximum atomic E-state index is 11.0. The molecule has 3 heteroatoms. The maximum absolute atomic E-state index is 11.0. The molecule has 0 bridgehead atoms. The molecule has 0 aliphatic heterocycles. The normalized spacial score (nSPS) is 35.0. The molecule has 2 atom stereocenters. The van der Waals surface area contributed by atoms with Gasteiger partial charge in [0.05, 0.1) is 0 Å². The van der Waals surface area contributed by atoms with Crippen LogP contribution in [0.2, 0.25) is 0 Å². The third-order valence-electron chi connectivity index (χ3n) is 7.53. The molecule has 3 aliphatic rings. The van der Waals surface area contributed by atoms with Crippen molar-refractivity contribution in [3.63, 3.8) is 0 Å². The molecular formula is C19H36IOP. The molecule has 0 aromatic rings. The zero-order valence-electron chi connectivity index (χ0n) is 14.5. The van der Waals surface area contributed by atoms with Gasteiger partial charge >= 0.3 is 151 Å². The Balaban J connectivity index is 1.95. The van der Waals surface area contributed by atoms with Gasteiger partial charge in [0.1, 0.15) is 0 Å². The first kappa shape index (κ1) is 17.9. The van der Waals surface area contributed by atoms with Gasteiger partial charge in [0, 0.05) is 0 Å². The van der Waals surface area contributed by atoms with Crippen LogP contribution in [0, 0.1) is 0 Å². The number of hydrogen-bond acceptors (Lipinski definition) is 1. The van der Waals surface area contributed by atoms with Crippen molar-refractivity contribution in [1.29, 1.82) is 0 Å². The van der Waals surface area contributed by atoms with E-state index in [1.165, 1.54) is 83.5 Å². The van der Waals surface area contributed by atoms with Gasteiger partial charge in [-0.25, -0.2) is 0 Å². The van der Waals surface area contributed by atoms with Crippen LogP contribution in [0.3, 0.4) is 0 Å². The van der Waals surface area contributed by atoms with Gasteiger partial charge in [-0.2, -0.15) is 0 Å².